The minimum Gasteiger partial charge on any atom is -0.458 e. The van der Waals surface area contributed by atoms with E-state index in [9.17, 15) is 0 Å². The Hall–Kier alpha value is -5.22. The Bertz CT molecular complexity index is 1900. The Balaban J connectivity index is 1.42. The fraction of sp³-hybridized carbons (Fsp3) is 0.0526. The maximum absolute atomic E-state index is 6.66. The highest BCUT2D eigenvalue weighted by Crippen LogP contribution is 2.43. The molecule has 0 saturated heterocycles. The van der Waals surface area contributed by atoms with Crippen LogP contribution in [0.25, 0.3) is 0 Å². The number of fused-ring (bicyclic) bond motifs is 4. The van der Waals surface area contributed by atoms with Gasteiger partial charge in [0.15, 0.2) is 0 Å². The summed E-state index contributed by atoms with van der Waals surface area (Å²) in [5.41, 5.74) is 13.1. The Kier molecular flexibility index (Phi) is 5.68. The van der Waals surface area contributed by atoms with Gasteiger partial charge in [0.05, 0.1) is 0 Å². The maximum atomic E-state index is 6.66. The van der Waals surface area contributed by atoms with Crippen LogP contribution in [0.3, 0.4) is 0 Å². The van der Waals surface area contributed by atoms with Crippen LogP contribution in [0.15, 0.2) is 140 Å². The fourth-order valence-corrected chi connectivity index (χ4v) is 6.78. The molecule has 0 amide bonds. The van der Waals surface area contributed by atoms with Gasteiger partial charge in [0.25, 0.3) is 6.71 Å². The number of rotatable bonds is 4. The highest BCUT2D eigenvalue weighted by atomic mass is 16.5. The third-order valence-electron chi connectivity index (χ3n) is 8.44. The smallest absolute Gasteiger partial charge is 0.256 e. The number of anilines is 6. The quantitative estimate of drug-likeness (QED) is 0.210. The van der Waals surface area contributed by atoms with Crippen LogP contribution in [0.1, 0.15) is 11.1 Å². The molecule has 2 aliphatic rings. The van der Waals surface area contributed by atoms with Crippen molar-refractivity contribution in [3.8, 4) is 11.5 Å². The Labute approximate surface area is 247 Å². The molecule has 42 heavy (non-hydrogen) atoms. The monoisotopic (exact) mass is 540 g/mol. The first kappa shape index (κ1) is 24.6. The zero-order chi connectivity index (χ0) is 28.2. The van der Waals surface area contributed by atoms with E-state index in [-0.39, 0.29) is 6.71 Å². The van der Waals surface area contributed by atoms with E-state index < -0.39 is 0 Å². The molecular formula is C38H29BN2O. The van der Waals surface area contributed by atoms with Gasteiger partial charge < -0.3 is 14.5 Å². The second kappa shape index (κ2) is 9.71. The number of hydrogen-bond acceptors (Lipinski definition) is 3. The van der Waals surface area contributed by atoms with E-state index in [2.05, 4.69) is 163 Å². The van der Waals surface area contributed by atoms with Gasteiger partial charge in [-0.15, -0.1) is 0 Å². The summed E-state index contributed by atoms with van der Waals surface area (Å²) in [6.45, 7) is 4.41. The molecule has 8 rings (SSSR count). The van der Waals surface area contributed by atoms with Crippen molar-refractivity contribution in [2.24, 2.45) is 0 Å². The van der Waals surface area contributed by atoms with Gasteiger partial charge in [-0.3, -0.25) is 0 Å². The lowest BCUT2D eigenvalue weighted by atomic mass is 9.33. The summed E-state index contributed by atoms with van der Waals surface area (Å²) in [4.78, 5) is 4.73. The first-order valence-electron chi connectivity index (χ1n) is 14.5. The van der Waals surface area contributed by atoms with Gasteiger partial charge in [-0.05, 0) is 109 Å². The van der Waals surface area contributed by atoms with E-state index >= 15 is 0 Å². The number of ether oxygens (including phenoxy) is 1. The van der Waals surface area contributed by atoms with Gasteiger partial charge in [0, 0.05) is 34.1 Å². The van der Waals surface area contributed by atoms with Crippen LogP contribution in [0.2, 0.25) is 0 Å². The lowest BCUT2D eigenvalue weighted by molar-refractivity contribution is 0.487. The van der Waals surface area contributed by atoms with Crippen molar-refractivity contribution in [3.05, 3.63) is 151 Å². The molecule has 0 N–H and O–H groups in total. The lowest BCUT2D eigenvalue weighted by Gasteiger charge is -2.41. The molecule has 0 fully saturated rings. The molecule has 0 radical (unpaired) electrons. The number of para-hydroxylation sites is 3. The molecule has 2 heterocycles. The maximum Gasteiger partial charge on any atom is 0.256 e. The third-order valence-corrected chi connectivity index (χ3v) is 8.44. The van der Waals surface area contributed by atoms with Crippen LogP contribution in [0, 0.1) is 13.8 Å². The Morgan fingerprint density at radius 2 is 1.21 bits per heavy atom. The number of aryl methyl sites for hydroxylation is 2. The topological polar surface area (TPSA) is 15.7 Å². The average molecular weight is 540 g/mol. The molecule has 0 aliphatic carbocycles. The van der Waals surface area contributed by atoms with E-state index in [0.29, 0.717) is 0 Å². The van der Waals surface area contributed by atoms with Crippen LogP contribution < -0.4 is 30.9 Å². The van der Waals surface area contributed by atoms with Crippen molar-refractivity contribution >= 4 is 57.2 Å². The Morgan fingerprint density at radius 1 is 0.548 bits per heavy atom. The van der Waals surface area contributed by atoms with Gasteiger partial charge in [-0.2, -0.15) is 0 Å². The number of nitrogens with zero attached hydrogens (tertiary/aromatic N) is 2. The van der Waals surface area contributed by atoms with Crippen molar-refractivity contribution in [2.75, 3.05) is 9.80 Å². The summed E-state index contributed by atoms with van der Waals surface area (Å²) in [7, 11) is 0. The van der Waals surface area contributed by atoms with Crippen LogP contribution in [-0.2, 0) is 0 Å². The van der Waals surface area contributed by atoms with Crippen molar-refractivity contribution in [1.82, 2.24) is 0 Å². The molecule has 200 valence electrons. The fourth-order valence-electron chi connectivity index (χ4n) is 6.78. The Morgan fingerprint density at radius 3 is 1.90 bits per heavy atom. The first-order chi connectivity index (χ1) is 20.7. The van der Waals surface area contributed by atoms with Crippen molar-refractivity contribution in [2.45, 2.75) is 13.8 Å². The SMILES string of the molecule is Cc1cc(C)c2c(c1)Oc1cccc3c1B2c1cc(N(c2ccccc2)c2ccccc2)ccc1N3c1ccccc1. The molecule has 0 unspecified atom stereocenters. The predicted octanol–water partition coefficient (Wildman–Crippen LogP) is 8.18. The van der Waals surface area contributed by atoms with E-state index in [1.54, 1.807) is 0 Å². The van der Waals surface area contributed by atoms with Gasteiger partial charge in [-0.25, -0.2) is 0 Å². The summed E-state index contributed by atoms with van der Waals surface area (Å²) in [5.74, 6) is 1.88. The average Bonchev–Trinajstić information content (AvgIpc) is 3.02. The second-order valence-electron chi connectivity index (χ2n) is 11.1. The van der Waals surface area contributed by atoms with Crippen LogP contribution in [0.4, 0.5) is 34.1 Å². The molecule has 0 atom stereocenters. The zero-order valence-corrected chi connectivity index (χ0v) is 23.7. The minimum absolute atomic E-state index is 0.0452. The number of hydrogen-bond donors (Lipinski definition) is 0. The van der Waals surface area contributed by atoms with E-state index in [0.717, 1.165) is 39.9 Å². The molecule has 4 heteroatoms. The predicted molar refractivity (Wildman–Crippen MR) is 176 cm³/mol. The number of benzene rings is 6. The lowest BCUT2D eigenvalue weighted by Crippen LogP contribution is -2.60. The van der Waals surface area contributed by atoms with Crippen LogP contribution in [0.5, 0.6) is 11.5 Å². The normalized spacial score (nSPS) is 12.6. The molecule has 0 aromatic heterocycles. The van der Waals surface area contributed by atoms with Gasteiger partial charge in [0.1, 0.15) is 11.5 Å². The molecule has 6 aromatic rings. The summed E-state index contributed by atoms with van der Waals surface area (Å²) >= 11 is 0. The summed E-state index contributed by atoms with van der Waals surface area (Å²) in [6.07, 6.45) is 0. The third kappa shape index (κ3) is 3.83. The molecule has 2 aliphatic heterocycles. The summed E-state index contributed by atoms with van der Waals surface area (Å²) in [6, 6.07) is 49.8. The van der Waals surface area contributed by atoms with E-state index in [4.69, 9.17) is 4.74 Å². The molecule has 0 saturated carbocycles. The zero-order valence-electron chi connectivity index (χ0n) is 23.7. The van der Waals surface area contributed by atoms with E-state index in [1.807, 2.05) is 0 Å². The molecular weight excluding hydrogens is 511 g/mol. The van der Waals surface area contributed by atoms with Crippen LogP contribution in [-0.4, -0.2) is 6.71 Å². The summed E-state index contributed by atoms with van der Waals surface area (Å²) in [5, 5.41) is 0. The largest absolute Gasteiger partial charge is 0.458 e. The molecule has 0 spiro atoms. The second-order valence-corrected chi connectivity index (χ2v) is 11.1. The highest BCUT2D eigenvalue weighted by Gasteiger charge is 2.42. The molecule has 6 aromatic carbocycles. The first-order valence-corrected chi connectivity index (χ1v) is 14.5. The van der Waals surface area contributed by atoms with Gasteiger partial charge in [0.2, 0.25) is 0 Å². The van der Waals surface area contributed by atoms with Crippen molar-refractivity contribution in [3.63, 3.8) is 0 Å². The standard InChI is InChI=1S/C38H29BN2O/c1-26-23-27(2)37-36(24-26)42-35-20-12-19-34-38(35)39(37)32-25-31(21-22-33(32)41(34)30-17-10-5-11-18-30)40(28-13-6-3-7-14-28)29-15-8-4-9-16-29/h3-25H,1-2H3. The van der Waals surface area contributed by atoms with Gasteiger partial charge in [-0.1, -0.05) is 72.3 Å². The molecule has 3 nitrogen and oxygen atoms in total. The van der Waals surface area contributed by atoms with E-state index in [1.165, 1.54) is 33.2 Å². The molecule has 0 bridgehead atoms. The highest BCUT2D eigenvalue weighted by molar-refractivity contribution is 6.99. The van der Waals surface area contributed by atoms with Crippen molar-refractivity contribution in [1.29, 1.82) is 0 Å². The van der Waals surface area contributed by atoms with Gasteiger partial charge >= 0.3 is 0 Å². The van der Waals surface area contributed by atoms with Crippen LogP contribution >= 0.6 is 0 Å². The minimum atomic E-state index is 0.0452. The summed E-state index contributed by atoms with van der Waals surface area (Å²) < 4.78 is 6.66. The van der Waals surface area contributed by atoms with Crippen molar-refractivity contribution < 1.29 is 4.74 Å².